The van der Waals surface area contributed by atoms with Gasteiger partial charge < -0.3 is 14.4 Å². The summed E-state index contributed by atoms with van der Waals surface area (Å²) in [5.41, 5.74) is 1.65. The normalized spacial score (nSPS) is 14.8. The van der Waals surface area contributed by atoms with Crippen molar-refractivity contribution in [3.63, 3.8) is 0 Å². The number of likely N-dealkylation sites (tertiary alicyclic amines) is 1. The fraction of sp³-hybridized carbons (Fsp3) is 0.435. The first-order valence-corrected chi connectivity index (χ1v) is 10.0. The Bertz CT molecular complexity index is 800. The number of nitrogens with zero attached hydrogens (tertiary/aromatic N) is 1. The molecule has 3 rings (SSSR count). The number of halogens is 1. The molecule has 28 heavy (non-hydrogen) atoms. The SMILES string of the molecule is CCOc1ccc(C(=O)N2CCC(Cc3cccc(F)c3)CC2)cc1OCC. The zero-order valence-electron chi connectivity index (χ0n) is 16.6. The van der Waals surface area contributed by atoms with Crippen LogP contribution in [0, 0.1) is 11.7 Å². The van der Waals surface area contributed by atoms with Crippen LogP contribution in [0.2, 0.25) is 0 Å². The van der Waals surface area contributed by atoms with E-state index in [1.807, 2.05) is 24.8 Å². The molecule has 0 saturated carbocycles. The first-order valence-electron chi connectivity index (χ1n) is 10.0. The monoisotopic (exact) mass is 385 g/mol. The Kier molecular flexibility index (Phi) is 6.90. The summed E-state index contributed by atoms with van der Waals surface area (Å²) in [6.07, 6.45) is 2.71. The van der Waals surface area contributed by atoms with Gasteiger partial charge in [0, 0.05) is 18.7 Å². The number of carbonyl (C=O) groups excluding carboxylic acids is 1. The fourth-order valence-electron chi connectivity index (χ4n) is 3.70. The van der Waals surface area contributed by atoms with E-state index in [4.69, 9.17) is 9.47 Å². The Hall–Kier alpha value is -2.56. The van der Waals surface area contributed by atoms with E-state index >= 15 is 0 Å². The smallest absolute Gasteiger partial charge is 0.253 e. The number of hydrogen-bond acceptors (Lipinski definition) is 3. The molecule has 1 heterocycles. The maximum Gasteiger partial charge on any atom is 0.253 e. The molecule has 1 aliphatic rings. The summed E-state index contributed by atoms with van der Waals surface area (Å²) in [4.78, 5) is 14.8. The molecule has 0 spiro atoms. The van der Waals surface area contributed by atoms with Crippen molar-refractivity contribution in [1.82, 2.24) is 4.90 Å². The second-order valence-corrected chi connectivity index (χ2v) is 7.10. The summed E-state index contributed by atoms with van der Waals surface area (Å²) >= 11 is 0. The molecular weight excluding hydrogens is 357 g/mol. The third-order valence-electron chi connectivity index (χ3n) is 5.11. The minimum atomic E-state index is -0.189. The topological polar surface area (TPSA) is 38.8 Å². The molecule has 0 unspecified atom stereocenters. The molecule has 150 valence electrons. The van der Waals surface area contributed by atoms with Gasteiger partial charge in [-0.2, -0.15) is 0 Å². The van der Waals surface area contributed by atoms with Gasteiger partial charge in [0.25, 0.3) is 5.91 Å². The number of benzene rings is 2. The Balaban J connectivity index is 1.61. The van der Waals surface area contributed by atoms with Crippen LogP contribution in [-0.4, -0.2) is 37.1 Å². The largest absolute Gasteiger partial charge is 0.490 e. The minimum absolute atomic E-state index is 0.0215. The molecule has 1 saturated heterocycles. The maximum atomic E-state index is 13.4. The van der Waals surface area contributed by atoms with Crippen LogP contribution in [0.25, 0.3) is 0 Å². The van der Waals surface area contributed by atoms with Gasteiger partial charge in [-0.3, -0.25) is 4.79 Å². The van der Waals surface area contributed by atoms with E-state index < -0.39 is 0 Å². The summed E-state index contributed by atoms with van der Waals surface area (Å²) in [7, 11) is 0. The zero-order valence-corrected chi connectivity index (χ0v) is 16.6. The predicted octanol–water partition coefficient (Wildman–Crippen LogP) is 4.72. The Labute approximate surface area is 166 Å². The quantitative estimate of drug-likeness (QED) is 0.692. The number of hydrogen-bond donors (Lipinski definition) is 0. The Morgan fingerprint density at radius 2 is 1.75 bits per heavy atom. The fourth-order valence-corrected chi connectivity index (χ4v) is 3.70. The van der Waals surface area contributed by atoms with Crippen LogP contribution < -0.4 is 9.47 Å². The molecule has 0 N–H and O–H groups in total. The van der Waals surface area contributed by atoms with Gasteiger partial charge in [0.1, 0.15) is 5.82 Å². The van der Waals surface area contributed by atoms with Crippen molar-refractivity contribution in [2.45, 2.75) is 33.1 Å². The lowest BCUT2D eigenvalue weighted by Crippen LogP contribution is -2.38. The molecule has 2 aromatic rings. The van der Waals surface area contributed by atoms with Crippen molar-refractivity contribution in [3.8, 4) is 11.5 Å². The van der Waals surface area contributed by atoms with E-state index in [-0.39, 0.29) is 11.7 Å². The summed E-state index contributed by atoms with van der Waals surface area (Å²) in [6.45, 7) is 6.33. The summed E-state index contributed by atoms with van der Waals surface area (Å²) in [5, 5.41) is 0. The lowest BCUT2D eigenvalue weighted by Gasteiger charge is -2.32. The average Bonchev–Trinajstić information content (AvgIpc) is 2.70. The van der Waals surface area contributed by atoms with Crippen molar-refractivity contribution in [3.05, 3.63) is 59.4 Å². The summed E-state index contributed by atoms with van der Waals surface area (Å²) < 4.78 is 24.6. The second-order valence-electron chi connectivity index (χ2n) is 7.10. The van der Waals surface area contributed by atoms with E-state index in [1.165, 1.54) is 6.07 Å². The zero-order chi connectivity index (χ0) is 19.9. The van der Waals surface area contributed by atoms with Crippen LogP contribution in [0.5, 0.6) is 11.5 Å². The Morgan fingerprint density at radius 1 is 1.04 bits per heavy atom. The summed E-state index contributed by atoms with van der Waals surface area (Å²) in [5.74, 6) is 1.58. The lowest BCUT2D eigenvalue weighted by molar-refractivity contribution is 0.0690. The standard InChI is InChI=1S/C23H28FNO3/c1-3-27-21-9-8-19(16-22(21)28-4-2)23(26)25-12-10-17(11-13-25)14-18-6-5-7-20(24)15-18/h5-9,15-17H,3-4,10-14H2,1-2H3. The highest BCUT2D eigenvalue weighted by molar-refractivity contribution is 5.95. The van der Waals surface area contributed by atoms with E-state index in [0.29, 0.717) is 36.2 Å². The van der Waals surface area contributed by atoms with Gasteiger partial charge >= 0.3 is 0 Å². The molecule has 2 aromatic carbocycles. The second kappa shape index (κ2) is 9.58. The molecular formula is C23H28FNO3. The van der Waals surface area contributed by atoms with Crippen LogP contribution in [0.1, 0.15) is 42.6 Å². The highest BCUT2D eigenvalue weighted by Gasteiger charge is 2.24. The first-order chi connectivity index (χ1) is 13.6. The molecule has 5 heteroatoms. The van der Waals surface area contributed by atoms with Crippen LogP contribution in [0.15, 0.2) is 42.5 Å². The van der Waals surface area contributed by atoms with E-state index in [1.54, 1.807) is 30.3 Å². The van der Waals surface area contributed by atoms with Gasteiger partial charge in [0.2, 0.25) is 0 Å². The molecule has 1 fully saturated rings. The van der Waals surface area contributed by atoms with Crippen molar-refractivity contribution >= 4 is 5.91 Å². The number of amides is 1. The molecule has 1 amide bonds. The van der Waals surface area contributed by atoms with Gasteiger partial charge in [0.05, 0.1) is 13.2 Å². The molecule has 0 radical (unpaired) electrons. The number of carbonyl (C=O) groups is 1. The van der Waals surface area contributed by atoms with Crippen molar-refractivity contribution in [2.75, 3.05) is 26.3 Å². The maximum absolute atomic E-state index is 13.4. The van der Waals surface area contributed by atoms with E-state index in [0.717, 1.165) is 37.9 Å². The van der Waals surface area contributed by atoms with Crippen molar-refractivity contribution in [2.24, 2.45) is 5.92 Å². The predicted molar refractivity (Wildman–Crippen MR) is 108 cm³/mol. The lowest BCUT2D eigenvalue weighted by atomic mass is 9.90. The van der Waals surface area contributed by atoms with E-state index in [9.17, 15) is 9.18 Å². The number of piperidine rings is 1. The highest BCUT2D eigenvalue weighted by atomic mass is 19.1. The molecule has 4 nitrogen and oxygen atoms in total. The van der Waals surface area contributed by atoms with Gasteiger partial charge in [-0.25, -0.2) is 4.39 Å². The van der Waals surface area contributed by atoms with Crippen molar-refractivity contribution in [1.29, 1.82) is 0 Å². The molecule has 0 aliphatic carbocycles. The van der Waals surface area contributed by atoms with Gasteiger partial charge in [-0.05, 0) is 74.9 Å². The van der Waals surface area contributed by atoms with Gasteiger partial charge in [-0.1, -0.05) is 12.1 Å². The van der Waals surface area contributed by atoms with Crippen LogP contribution in [0.3, 0.4) is 0 Å². The molecule has 0 atom stereocenters. The van der Waals surface area contributed by atoms with E-state index in [2.05, 4.69) is 0 Å². The van der Waals surface area contributed by atoms with Gasteiger partial charge in [0.15, 0.2) is 11.5 Å². The van der Waals surface area contributed by atoms with Gasteiger partial charge in [-0.15, -0.1) is 0 Å². The van der Waals surface area contributed by atoms with Crippen LogP contribution >= 0.6 is 0 Å². The average molecular weight is 385 g/mol. The minimum Gasteiger partial charge on any atom is -0.490 e. The first kappa shape index (κ1) is 20.2. The van der Waals surface area contributed by atoms with Crippen LogP contribution in [-0.2, 0) is 6.42 Å². The molecule has 0 aromatic heterocycles. The summed E-state index contributed by atoms with van der Waals surface area (Å²) in [6, 6.07) is 12.2. The highest BCUT2D eigenvalue weighted by Crippen LogP contribution is 2.30. The molecule has 0 bridgehead atoms. The molecule has 1 aliphatic heterocycles. The third-order valence-corrected chi connectivity index (χ3v) is 5.11. The number of ether oxygens (including phenoxy) is 2. The van der Waals surface area contributed by atoms with Crippen LogP contribution in [0.4, 0.5) is 4.39 Å². The third kappa shape index (κ3) is 5.03. The van der Waals surface area contributed by atoms with Crippen molar-refractivity contribution < 1.29 is 18.7 Å². The number of rotatable bonds is 7. The Morgan fingerprint density at radius 3 is 2.43 bits per heavy atom.